The van der Waals surface area contributed by atoms with Gasteiger partial charge in [-0.05, 0) is 30.2 Å². The third-order valence-corrected chi connectivity index (χ3v) is 6.92. The minimum absolute atomic E-state index is 0.0484. The first-order valence-corrected chi connectivity index (χ1v) is 11.6. The molecule has 1 aliphatic rings. The van der Waals surface area contributed by atoms with E-state index in [0.717, 1.165) is 11.3 Å². The van der Waals surface area contributed by atoms with Gasteiger partial charge in [-0.25, -0.2) is 8.42 Å². The van der Waals surface area contributed by atoms with E-state index >= 15 is 0 Å². The highest BCUT2D eigenvalue weighted by Gasteiger charge is 2.34. The van der Waals surface area contributed by atoms with E-state index in [1.54, 1.807) is 0 Å². The van der Waals surface area contributed by atoms with Gasteiger partial charge in [-0.15, -0.1) is 0 Å². The van der Waals surface area contributed by atoms with Crippen LogP contribution in [0, 0.1) is 10.1 Å². The quantitative estimate of drug-likeness (QED) is 0.451. The van der Waals surface area contributed by atoms with Gasteiger partial charge in [-0.2, -0.15) is 0 Å². The summed E-state index contributed by atoms with van der Waals surface area (Å²) in [5.41, 5.74) is 1.75. The molecule has 0 aliphatic carbocycles. The first-order valence-electron chi connectivity index (χ1n) is 9.78. The van der Waals surface area contributed by atoms with Crippen LogP contribution in [0.15, 0.2) is 48.5 Å². The highest BCUT2D eigenvalue weighted by Crippen LogP contribution is 2.23. The van der Waals surface area contributed by atoms with Crippen LogP contribution in [-0.4, -0.2) is 62.4 Å². The predicted molar refractivity (Wildman–Crippen MR) is 117 cm³/mol. The van der Waals surface area contributed by atoms with Crippen molar-refractivity contribution >= 4 is 27.1 Å². The largest absolute Gasteiger partial charge is 0.484 e. The summed E-state index contributed by atoms with van der Waals surface area (Å²) in [5.74, 6) is -0.194. The van der Waals surface area contributed by atoms with E-state index in [1.807, 2.05) is 43.3 Å². The molecule has 0 spiro atoms. The van der Waals surface area contributed by atoms with Gasteiger partial charge in [-0.1, -0.05) is 18.2 Å². The summed E-state index contributed by atoms with van der Waals surface area (Å²) in [6.45, 7) is -0.0848. The van der Waals surface area contributed by atoms with E-state index < -0.39 is 20.8 Å². The number of nitrogens with zero attached hydrogens (tertiary/aromatic N) is 3. The Morgan fingerprint density at radius 1 is 1.19 bits per heavy atom. The fourth-order valence-electron chi connectivity index (χ4n) is 3.45. The Labute approximate surface area is 181 Å². The van der Waals surface area contributed by atoms with E-state index in [4.69, 9.17) is 4.74 Å². The molecule has 1 saturated heterocycles. The lowest BCUT2D eigenvalue weighted by Crippen LogP contribution is -2.43. The zero-order chi connectivity index (χ0) is 22.6. The summed E-state index contributed by atoms with van der Waals surface area (Å²) < 4.78 is 29.5. The third kappa shape index (κ3) is 5.94. The number of hydrogen-bond acceptors (Lipinski definition) is 7. The van der Waals surface area contributed by atoms with Crippen molar-refractivity contribution in [3.63, 3.8) is 0 Å². The molecule has 0 bridgehead atoms. The number of nitro groups is 1. The number of amides is 1. The average Bonchev–Trinajstić information content (AvgIpc) is 3.10. The van der Waals surface area contributed by atoms with Crippen LogP contribution in [0.2, 0.25) is 0 Å². The van der Waals surface area contributed by atoms with Crippen LogP contribution in [0.4, 0.5) is 11.4 Å². The molecule has 1 amide bonds. The minimum Gasteiger partial charge on any atom is -0.484 e. The van der Waals surface area contributed by atoms with Crippen molar-refractivity contribution in [1.29, 1.82) is 0 Å². The molecule has 3 rings (SSSR count). The van der Waals surface area contributed by atoms with Gasteiger partial charge >= 0.3 is 0 Å². The highest BCUT2D eigenvalue weighted by molar-refractivity contribution is 7.91. The van der Waals surface area contributed by atoms with Crippen LogP contribution < -0.4 is 9.64 Å². The van der Waals surface area contributed by atoms with Gasteiger partial charge in [0, 0.05) is 38.4 Å². The number of rotatable bonds is 8. The van der Waals surface area contributed by atoms with E-state index in [0.29, 0.717) is 6.42 Å². The molecular weight excluding hydrogens is 422 g/mol. The number of hydrogen-bond donors (Lipinski definition) is 0. The molecule has 1 aliphatic heterocycles. The zero-order valence-electron chi connectivity index (χ0n) is 17.4. The molecule has 1 heterocycles. The van der Waals surface area contributed by atoms with Crippen molar-refractivity contribution in [3.8, 4) is 5.75 Å². The van der Waals surface area contributed by atoms with Crippen molar-refractivity contribution in [3.05, 3.63) is 64.2 Å². The van der Waals surface area contributed by atoms with Gasteiger partial charge in [0.05, 0.1) is 22.5 Å². The second kappa shape index (κ2) is 9.34. The Hall–Kier alpha value is -3.14. The van der Waals surface area contributed by atoms with Crippen LogP contribution in [-0.2, 0) is 21.2 Å². The van der Waals surface area contributed by atoms with Crippen LogP contribution in [0.5, 0.6) is 5.75 Å². The summed E-state index contributed by atoms with van der Waals surface area (Å²) in [4.78, 5) is 26.9. The monoisotopic (exact) mass is 447 g/mol. The standard InChI is InChI=1S/C21H25N3O6S/c1-22(2)17-8-6-16(7-9-17)13-23(19-10-11-31(28,29)15-19)21(25)14-30-20-5-3-4-18(12-20)24(26)27/h3-9,12,19H,10-11,13-15H2,1-2H3. The Kier molecular flexibility index (Phi) is 6.79. The summed E-state index contributed by atoms with van der Waals surface area (Å²) in [5, 5.41) is 10.9. The SMILES string of the molecule is CN(C)c1ccc(CN(C(=O)COc2cccc([N+](=O)[O-])c2)C2CCS(=O)(=O)C2)cc1. The maximum absolute atomic E-state index is 13.0. The summed E-state index contributed by atoms with van der Waals surface area (Å²) in [6.07, 6.45) is 0.376. The first kappa shape index (κ1) is 22.5. The fourth-order valence-corrected chi connectivity index (χ4v) is 5.18. The maximum Gasteiger partial charge on any atom is 0.273 e. The topological polar surface area (TPSA) is 110 Å². The molecule has 2 aromatic carbocycles. The van der Waals surface area contributed by atoms with E-state index in [2.05, 4.69) is 0 Å². The molecule has 31 heavy (non-hydrogen) atoms. The van der Waals surface area contributed by atoms with E-state index in [1.165, 1.54) is 29.2 Å². The summed E-state index contributed by atoms with van der Waals surface area (Å²) in [7, 11) is 0.677. The maximum atomic E-state index is 13.0. The van der Waals surface area contributed by atoms with Crippen molar-refractivity contribution in [1.82, 2.24) is 4.90 Å². The molecule has 0 aromatic heterocycles. The first-order chi connectivity index (χ1) is 14.6. The average molecular weight is 448 g/mol. The van der Waals surface area contributed by atoms with Crippen LogP contribution in [0.25, 0.3) is 0 Å². The highest BCUT2D eigenvalue weighted by atomic mass is 32.2. The Bertz CT molecular complexity index is 1050. The summed E-state index contributed by atoms with van der Waals surface area (Å²) >= 11 is 0. The molecule has 0 N–H and O–H groups in total. The second-order valence-electron chi connectivity index (χ2n) is 7.68. The molecule has 1 unspecified atom stereocenters. The molecule has 0 saturated carbocycles. The lowest BCUT2D eigenvalue weighted by atomic mass is 10.1. The van der Waals surface area contributed by atoms with Crippen molar-refractivity contribution < 1.29 is 22.9 Å². The van der Waals surface area contributed by atoms with Gasteiger partial charge in [-0.3, -0.25) is 14.9 Å². The molecule has 10 heteroatoms. The smallest absolute Gasteiger partial charge is 0.273 e. The number of carbonyl (C=O) groups excluding carboxylic acids is 1. The number of benzene rings is 2. The Balaban J connectivity index is 1.74. The molecule has 1 atom stereocenters. The van der Waals surface area contributed by atoms with Crippen molar-refractivity contribution in [2.75, 3.05) is 37.1 Å². The Morgan fingerprint density at radius 2 is 1.90 bits per heavy atom. The lowest BCUT2D eigenvalue weighted by Gasteiger charge is -2.28. The lowest BCUT2D eigenvalue weighted by molar-refractivity contribution is -0.384. The molecule has 2 aromatic rings. The number of anilines is 1. The van der Waals surface area contributed by atoms with E-state index in [9.17, 15) is 23.3 Å². The predicted octanol–water partition coefficient (Wildman–Crippen LogP) is 2.26. The number of nitro benzene ring substituents is 1. The van der Waals surface area contributed by atoms with Gasteiger partial charge in [0.2, 0.25) is 0 Å². The zero-order valence-corrected chi connectivity index (χ0v) is 18.2. The minimum atomic E-state index is -3.18. The van der Waals surface area contributed by atoms with Gasteiger partial charge in [0.1, 0.15) is 5.75 Å². The van der Waals surface area contributed by atoms with Gasteiger partial charge < -0.3 is 14.5 Å². The van der Waals surface area contributed by atoms with Crippen LogP contribution >= 0.6 is 0 Å². The Morgan fingerprint density at radius 3 is 2.48 bits per heavy atom. The molecule has 0 radical (unpaired) electrons. The van der Waals surface area contributed by atoms with Crippen molar-refractivity contribution in [2.24, 2.45) is 0 Å². The van der Waals surface area contributed by atoms with Crippen LogP contribution in [0.1, 0.15) is 12.0 Å². The number of non-ortho nitro benzene ring substituents is 1. The third-order valence-electron chi connectivity index (χ3n) is 5.17. The molecular formula is C21H25N3O6S. The van der Waals surface area contributed by atoms with Gasteiger partial charge in [0.15, 0.2) is 16.4 Å². The summed E-state index contributed by atoms with van der Waals surface area (Å²) in [6, 6.07) is 12.8. The van der Waals surface area contributed by atoms with Gasteiger partial charge in [0.25, 0.3) is 11.6 Å². The number of sulfone groups is 1. The van der Waals surface area contributed by atoms with Crippen molar-refractivity contribution in [2.45, 2.75) is 19.0 Å². The molecule has 166 valence electrons. The second-order valence-corrected chi connectivity index (χ2v) is 9.91. The number of ether oxygens (including phenoxy) is 1. The van der Waals surface area contributed by atoms with Crippen LogP contribution in [0.3, 0.4) is 0 Å². The fraction of sp³-hybridized carbons (Fsp3) is 0.381. The number of carbonyl (C=O) groups is 1. The molecule has 1 fully saturated rings. The molecule has 9 nitrogen and oxygen atoms in total. The normalized spacial score (nSPS) is 17.2. The van der Waals surface area contributed by atoms with E-state index in [-0.39, 0.29) is 42.0 Å².